The van der Waals surface area contributed by atoms with Crippen LogP contribution >= 0.6 is 0 Å². The van der Waals surface area contributed by atoms with Gasteiger partial charge in [-0.05, 0) is 56.6 Å². The van der Waals surface area contributed by atoms with Crippen molar-refractivity contribution >= 4 is 28.5 Å². The Hall–Kier alpha value is -2.77. The molecule has 1 heterocycles. The van der Waals surface area contributed by atoms with E-state index in [0.29, 0.717) is 16.9 Å². The summed E-state index contributed by atoms with van der Waals surface area (Å²) < 4.78 is 5.29. The fraction of sp³-hybridized carbons (Fsp3) is 0.381. The number of carbonyl (C=O) groups excluding carboxylic acids is 1. The third kappa shape index (κ3) is 4.21. The van der Waals surface area contributed by atoms with Gasteiger partial charge in [0.2, 0.25) is 5.78 Å². The lowest BCUT2D eigenvalue weighted by molar-refractivity contribution is 0.00610. The zero-order chi connectivity index (χ0) is 20.3. The molecule has 4 N–H and O–H groups in total. The minimum Gasteiger partial charge on any atom is -0.399 e. The highest BCUT2D eigenvalue weighted by Crippen LogP contribution is 2.27. The van der Waals surface area contributed by atoms with Crippen LogP contribution in [0.15, 0.2) is 42.5 Å². The van der Waals surface area contributed by atoms with Gasteiger partial charge >= 0.3 is 0 Å². The zero-order valence-electron chi connectivity index (χ0n) is 16.8. The second-order valence-corrected chi connectivity index (χ2v) is 7.26. The Morgan fingerprint density at radius 3 is 2.14 bits per heavy atom. The van der Waals surface area contributed by atoms with E-state index in [1.54, 1.807) is 18.1 Å². The molecule has 0 aromatic heterocycles. The van der Waals surface area contributed by atoms with Crippen LogP contribution in [0.3, 0.4) is 0 Å². The molecule has 2 aromatic carbocycles. The normalized spacial score (nSPS) is 15.7. The summed E-state index contributed by atoms with van der Waals surface area (Å²) in [6, 6.07) is 13.4. The number of rotatable bonds is 6. The lowest BCUT2D eigenvalue weighted by Crippen LogP contribution is -2.46. The van der Waals surface area contributed by atoms with E-state index in [2.05, 4.69) is 9.80 Å². The monoisotopic (exact) mass is 383 g/mol. The molecule has 1 aliphatic heterocycles. The van der Waals surface area contributed by atoms with E-state index in [9.17, 15) is 4.79 Å². The lowest BCUT2D eigenvalue weighted by Gasteiger charge is -2.38. The quantitative estimate of drug-likeness (QED) is 0.447. The number of piperazine rings is 1. The molecule has 0 bridgehead atoms. The van der Waals surface area contributed by atoms with Gasteiger partial charge in [0.05, 0.1) is 11.4 Å². The number of carbonyl (C=O) groups is 1. The first-order chi connectivity index (χ1) is 13.4. The van der Waals surface area contributed by atoms with Gasteiger partial charge in [-0.3, -0.25) is 9.69 Å². The Morgan fingerprint density at radius 1 is 1.00 bits per heavy atom. The maximum atomic E-state index is 12.6. The fourth-order valence-electron chi connectivity index (χ4n) is 3.60. The third-order valence-electron chi connectivity index (χ3n) is 5.11. The number of ketones is 1. The molecule has 28 heavy (non-hydrogen) atoms. The lowest BCUT2D eigenvalue weighted by atomic mass is 10.1. The molecule has 7 heteroatoms. The Bertz CT molecular complexity index is 814. The highest BCUT2D eigenvalue weighted by molar-refractivity contribution is 5.99. The summed E-state index contributed by atoms with van der Waals surface area (Å²) in [4.78, 5) is 18.9. The van der Waals surface area contributed by atoms with Crippen molar-refractivity contribution in [3.05, 3.63) is 48.0 Å². The van der Waals surface area contributed by atoms with Crippen LogP contribution in [0.1, 0.15) is 10.4 Å². The zero-order valence-corrected chi connectivity index (χ0v) is 16.8. The van der Waals surface area contributed by atoms with Crippen molar-refractivity contribution in [2.24, 2.45) is 0 Å². The average molecular weight is 383 g/mol. The molecule has 0 spiro atoms. The van der Waals surface area contributed by atoms with Gasteiger partial charge in [-0.1, -0.05) is 0 Å². The molecule has 0 saturated carbocycles. The molecule has 0 amide bonds. The minimum absolute atomic E-state index is 0.0392. The Kier molecular flexibility index (Phi) is 6.06. The van der Waals surface area contributed by atoms with Crippen LogP contribution in [0.5, 0.6) is 0 Å². The Balaban J connectivity index is 1.64. The van der Waals surface area contributed by atoms with E-state index in [1.807, 2.05) is 50.5 Å². The first kappa shape index (κ1) is 20.0. The number of ether oxygens (including phenoxy) is 1. The molecule has 150 valence electrons. The number of hydrogen-bond donors (Lipinski definition) is 2. The number of Topliss-reactive ketones (excluding diaryl/α,β-unsaturated/α-hetero) is 1. The maximum absolute atomic E-state index is 12.6. The van der Waals surface area contributed by atoms with Gasteiger partial charge in [0.25, 0.3) is 0 Å². The molecular weight excluding hydrogens is 354 g/mol. The van der Waals surface area contributed by atoms with E-state index in [1.165, 1.54) is 0 Å². The van der Waals surface area contributed by atoms with E-state index in [0.717, 1.165) is 37.6 Å². The second-order valence-electron chi connectivity index (χ2n) is 7.26. The molecule has 1 fully saturated rings. The summed E-state index contributed by atoms with van der Waals surface area (Å²) in [6.45, 7) is 3.52. The highest BCUT2D eigenvalue weighted by Gasteiger charge is 2.23. The van der Waals surface area contributed by atoms with Gasteiger partial charge in [0.15, 0.2) is 6.23 Å². The van der Waals surface area contributed by atoms with Crippen LogP contribution in [0, 0.1) is 0 Å². The fourth-order valence-corrected chi connectivity index (χ4v) is 3.60. The van der Waals surface area contributed by atoms with Gasteiger partial charge in [0, 0.05) is 50.2 Å². The average Bonchev–Trinajstić information content (AvgIpc) is 2.68. The van der Waals surface area contributed by atoms with Crippen LogP contribution < -0.4 is 21.3 Å². The predicted octanol–water partition coefficient (Wildman–Crippen LogP) is 1.89. The summed E-state index contributed by atoms with van der Waals surface area (Å²) in [6.07, 6.45) is -0.570. The first-order valence-corrected chi connectivity index (χ1v) is 9.39. The Morgan fingerprint density at radius 2 is 1.61 bits per heavy atom. The van der Waals surface area contributed by atoms with E-state index < -0.39 is 6.23 Å². The standard InChI is InChI=1S/C21H29N5O2/c1-24(2)21(28-3)20(27)15-4-7-17(8-5-15)25-10-12-26(13-11-25)19-9-6-16(22)14-18(19)23/h4-9,14,21H,10-13,22-23H2,1-3H3. The molecule has 0 radical (unpaired) electrons. The van der Waals surface area contributed by atoms with Crippen LogP contribution in [-0.4, -0.2) is 64.3 Å². The number of anilines is 4. The molecular formula is C21H29N5O2. The number of hydrogen-bond acceptors (Lipinski definition) is 7. The van der Waals surface area contributed by atoms with E-state index in [4.69, 9.17) is 16.2 Å². The maximum Gasteiger partial charge on any atom is 0.206 e. The van der Waals surface area contributed by atoms with E-state index in [-0.39, 0.29) is 5.78 Å². The summed E-state index contributed by atoms with van der Waals surface area (Å²) in [5, 5.41) is 0. The summed E-state index contributed by atoms with van der Waals surface area (Å²) in [5.74, 6) is -0.0392. The summed E-state index contributed by atoms with van der Waals surface area (Å²) in [5.41, 5.74) is 16.1. The van der Waals surface area contributed by atoms with Crippen LogP contribution in [0.25, 0.3) is 0 Å². The van der Waals surface area contributed by atoms with Gasteiger partial charge in [-0.2, -0.15) is 0 Å². The minimum atomic E-state index is -0.570. The van der Waals surface area contributed by atoms with Crippen molar-refractivity contribution in [3.8, 4) is 0 Å². The van der Waals surface area contributed by atoms with Crippen molar-refractivity contribution in [1.29, 1.82) is 0 Å². The van der Waals surface area contributed by atoms with Crippen molar-refractivity contribution in [2.75, 3.05) is 68.7 Å². The molecule has 1 saturated heterocycles. The van der Waals surface area contributed by atoms with Gasteiger partial charge in [-0.25, -0.2) is 0 Å². The summed E-state index contributed by atoms with van der Waals surface area (Å²) >= 11 is 0. The van der Waals surface area contributed by atoms with Gasteiger partial charge in [-0.15, -0.1) is 0 Å². The van der Waals surface area contributed by atoms with Crippen LogP contribution in [0.2, 0.25) is 0 Å². The van der Waals surface area contributed by atoms with Gasteiger partial charge in [0.1, 0.15) is 0 Å². The largest absolute Gasteiger partial charge is 0.399 e. The van der Waals surface area contributed by atoms with Crippen molar-refractivity contribution in [3.63, 3.8) is 0 Å². The summed E-state index contributed by atoms with van der Waals surface area (Å²) in [7, 11) is 5.20. The SMILES string of the molecule is COC(C(=O)c1ccc(N2CCN(c3ccc(N)cc3N)CC2)cc1)N(C)C. The van der Waals surface area contributed by atoms with Crippen LogP contribution in [-0.2, 0) is 4.74 Å². The van der Waals surface area contributed by atoms with Crippen LogP contribution in [0.4, 0.5) is 22.7 Å². The number of likely N-dealkylation sites (N-methyl/N-ethyl adjacent to an activating group) is 1. The number of methoxy groups -OCH3 is 1. The number of nitrogen functional groups attached to an aromatic ring is 2. The Labute approximate surface area is 166 Å². The molecule has 2 aromatic rings. The van der Waals surface area contributed by atoms with Crippen molar-refractivity contribution in [2.45, 2.75) is 6.23 Å². The van der Waals surface area contributed by atoms with Crippen molar-refractivity contribution in [1.82, 2.24) is 4.90 Å². The molecule has 3 rings (SSSR count). The molecule has 0 aliphatic carbocycles. The number of benzene rings is 2. The smallest absolute Gasteiger partial charge is 0.206 e. The topological polar surface area (TPSA) is 88.1 Å². The molecule has 7 nitrogen and oxygen atoms in total. The molecule has 1 unspecified atom stereocenters. The van der Waals surface area contributed by atoms with Crippen molar-refractivity contribution < 1.29 is 9.53 Å². The van der Waals surface area contributed by atoms with Gasteiger partial charge < -0.3 is 26.0 Å². The number of nitrogens with zero attached hydrogens (tertiary/aromatic N) is 3. The number of nitrogens with two attached hydrogens (primary N) is 2. The molecule has 1 atom stereocenters. The van der Waals surface area contributed by atoms with E-state index >= 15 is 0 Å². The second kappa shape index (κ2) is 8.50. The first-order valence-electron chi connectivity index (χ1n) is 9.39. The molecule has 1 aliphatic rings. The predicted molar refractivity (Wildman–Crippen MR) is 115 cm³/mol. The highest BCUT2D eigenvalue weighted by atomic mass is 16.5. The third-order valence-corrected chi connectivity index (χ3v) is 5.11.